The first kappa shape index (κ1) is 15.2. The highest BCUT2D eigenvalue weighted by Crippen LogP contribution is 2.23. The zero-order valence-electron chi connectivity index (χ0n) is 10.6. The summed E-state index contributed by atoms with van der Waals surface area (Å²) in [5.74, 6) is -2.37. The van der Waals surface area contributed by atoms with E-state index in [1.807, 2.05) is 24.3 Å². The van der Waals surface area contributed by atoms with Gasteiger partial charge >= 0.3 is 0 Å². The number of ketones is 1. The highest BCUT2D eigenvalue weighted by molar-refractivity contribution is 9.10. The third kappa shape index (κ3) is 3.46. The molecule has 5 heteroatoms. The average Bonchev–Trinajstić information content (AvgIpc) is 2.44. The molecule has 0 bridgehead atoms. The highest BCUT2D eigenvalue weighted by atomic mass is 79.9. The van der Waals surface area contributed by atoms with Gasteiger partial charge in [-0.3, -0.25) is 4.79 Å². The molecule has 0 unspecified atom stereocenters. The second-order valence-corrected chi connectivity index (χ2v) is 6.19. The summed E-state index contributed by atoms with van der Waals surface area (Å²) in [6, 6.07) is 10.2. The van der Waals surface area contributed by atoms with Crippen LogP contribution in [0, 0.1) is 18.6 Å². The Kier molecular flexibility index (Phi) is 4.94. The molecule has 2 rings (SSSR count). The Hall–Kier alpha value is -1.20. The summed E-state index contributed by atoms with van der Waals surface area (Å²) in [4.78, 5) is 12.8. The van der Waals surface area contributed by atoms with E-state index in [1.54, 1.807) is 0 Å². The number of thioether (sulfide) groups is 1. The van der Waals surface area contributed by atoms with E-state index in [2.05, 4.69) is 15.9 Å². The molecule has 20 heavy (non-hydrogen) atoms. The summed E-state index contributed by atoms with van der Waals surface area (Å²) in [5.41, 5.74) is -0.00248. The largest absolute Gasteiger partial charge is 0.293 e. The van der Waals surface area contributed by atoms with Gasteiger partial charge in [0.2, 0.25) is 0 Å². The molecule has 0 spiro atoms. The van der Waals surface area contributed by atoms with Gasteiger partial charge in [-0.15, -0.1) is 11.8 Å². The lowest BCUT2D eigenvalue weighted by Gasteiger charge is -2.05. The lowest BCUT2D eigenvalue weighted by Crippen LogP contribution is -2.07. The van der Waals surface area contributed by atoms with Gasteiger partial charge in [-0.1, -0.05) is 22.0 Å². The second kappa shape index (κ2) is 6.50. The number of carbonyl (C=O) groups excluding carboxylic acids is 1. The van der Waals surface area contributed by atoms with Crippen molar-refractivity contribution in [2.24, 2.45) is 0 Å². The maximum atomic E-state index is 13.7. The van der Waals surface area contributed by atoms with Crippen molar-refractivity contribution in [3.63, 3.8) is 0 Å². The van der Waals surface area contributed by atoms with Crippen LogP contribution in [0.15, 0.2) is 45.8 Å². The number of aryl methyl sites for hydroxylation is 1. The van der Waals surface area contributed by atoms with E-state index in [-0.39, 0.29) is 16.9 Å². The Morgan fingerprint density at radius 2 is 1.75 bits per heavy atom. The average molecular weight is 357 g/mol. The molecule has 0 saturated carbocycles. The monoisotopic (exact) mass is 356 g/mol. The topological polar surface area (TPSA) is 17.1 Å². The van der Waals surface area contributed by atoms with Crippen LogP contribution < -0.4 is 0 Å². The van der Waals surface area contributed by atoms with Crippen LogP contribution in [-0.4, -0.2) is 11.5 Å². The summed E-state index contributed by atoms with van der Waals surface area (Å²) < 4.78 is 28.0. The number of hydrogen-bond donors (Lipinski definition) is 0. The van der Waals surface area contributed by atoms with Crippen LogP contribution in [0.4, 0.5) is 8.78 Å². The van der Waals surface area contributed by atoms with E-state index in [1.165, 1.54) is 30.8 Å². The summed E-state index contributed by atoms with van der Waals surface area (Å²) in [5, 5.41) is 0. The van der Waals surface area contributed by atoms with E-state index < -0.39 is 17.4 Å². The number of rotatable bonds is 4. The van der Waals surface area contributed by atoms with Crippen LogP contribution in [0.3, 0.4) is 0 Å². The van der Waals surface area contributed by atoms with Gasteiger partial charge in [-0.25, -0.2) is 8.78 Å². The van der Waals surface area contributed by atoms with E-state index in [4.69, 9.17) is 0 Å². The van der Waals surface area contributed by atoms with Crippen molar-refractivity contribution in [1.29, 1.82) is 0 Å². The molecule has 0 aromatic heterocycles. The van der Waals surface area contributed by atoms with Crippen molar-refractivity contribution in [2.75, 3.05) is 5.75 Å². The molecule has 0 N–H and O–H groups in total. The first-order chi connectivity index (χ1) is 9.49. The van der Waals surface area contributed by atoms with Crippen LogP contribution in [0.5, 0.6) is 0 Å². The number of benzene rings is 2. The molecular weight excluding hydrogens is 346 g/mol. The van der Waals surface area contributed by atoms with Crippen molar-refractivity contribution in [3.8, 4) is 0 Å². The first-order valence-corrected chi connectivity index (χ1v) is 7.63. The van der Waals surface area contributed by atoms with E-state index >= 15 is 0 Å². The fourth-order valence-corrected chi connectivity index (χ4v) is 2.66. The van der Waals surface area contributed by atoms with Crippen molar-refractivity contribution < 1.29 is 13.6 Å². The maximum Gasteiger partial charge on any atom is 0.176 e. The van der Waals surface area contributed by atoms with Gasteiger partial charge < -0.3 is 0 Å². The Bertz CT molecular complexity index is 641. The maximum absolute atomic E-state index is 13.7. The summed E-state index contributed by atoms with van der Waals surface area (Å²) in [6.45, 7) is 1.46. The third-order valence-corrected chi connectivity index (χ3v) is 4.30. The molecule has 104 valence electrons. The predicted octanol–water partition coefficient (Wildman–Crippen LogP) is 5.01. The number of carbonyl (C=O) groups is 1. The standard InChI is InChI=1S/C15H11BrF2OS/c1-9-2-7-12(15(18)14(9)17)13(19)8-20-11-5-3-10(16)4-6-11/h2-7H,8H2,1H3. The molecule has 0 aliphatic heterocycles. The lowest BCUT2D eigenvalue weighted by molar-refractivity contribution is 0.101. The molecule has 0 heterocycles. The van der Waals surface area contributed by atoms with Crippen molar-refractivity contribution >= 4 is 33.5 Å². The fourth-order valence-electron chi connectivity index (χ4n) is 1.62. The normalized spacial score (nSPS) is 10.6. The predicted molar refractivity (Wildman–Crippen MR) is 80.3 cm³/mol. The van der Waals surface area contributed by atoms with Gasteiger partial charge in [0.15, 0.2) is 17.4 Å². The lowest BCUT2D eigenvalue weighted by atomic mass is 10.1. The quantitative estimate of drug-likeness (QED) is 0.565. The molecule has 0 aliphatic carbocycles. The Labute approximate surface area is 128 Å². The van der Waals surface area contributed by atoms with Gasteiger partial charge in [0.1, 0.15) is 0 Å². The van der Waals surface area contributed by atoms with Gasteiger partial charge in [-0.05, 0) is 42.8 Å². The van der Waals surface area contributed by atoms with Gasteiger partial charge in [-0.2, -0.15) is 0 Å². The molecular formula is C15H11BrF2OS. The van der Waals surface area contributed by atoms with E-state index in [9.17, 15) is 13.6 Å². The van der Waals surface area contributed by atoms with Crippen LogP contribution >= 0.6 is 27.7 Å². The zero-order chi connectivity index (χ0) is 14.7. The van der Waals surface area contributed by atoms with E-state index in [0.717, 1.165) is 9.37 Å². The highest BCUT2D eigenvalue weighted by Gasteiger charge is 2.17. The van der Waals surface area contributed by atoms with Crippen LogP contribution in [-0.2, 0) is 0 Å². The molecule has 0 amide bonds. The van der Waals surface area contributed by atoms with Gasteiger partial charge in [0, 0.05) is 9.37 Å². The first-order valence-electron chi connectivity index (χ1n) is 5.85. The zero-order valence-corrected chi connectivity index (χ0v) is 13.0. The molecule has 0 fully saturated rings. The molecule has 1 nitrogen and oxygen atoms in total. The van der Waals surface area contributed by atoms with E-state index in [0.29, 0.717) is 0 Å². The van der Waals surface area contributed by atoms with Crippen molar-refractivity contribution in [2.45, 2.75) is 11.8 Å². The molecule has 0 atom stereocenters. The molecule has 0 aliphatic rings. The minimum Gasteiger partial charge on any atom is -0.293 e. The Morgan fingerprint density at radius 1 is 1.10 bits per heavy atom. The third-order valence-electron chi connectivity index (χ3n) is 2.76. The fraction of sp³-hybridized carbons (Fsp3) is 0.133. The Morgan fingerprint density at radius 3 is 2.40 bits per heavy atom. The molecule has 2 aromatic rings. The van der Waals surface area contributed by atoms with Crippen molar-refractivity contribution in [3.05, 3.63) is 63.6 Å². The summed E-state index contributed by atoms with van der Waals surface area (Å²) in [7, 11) is 0. The SMILES string of the molecule is Cc1ccc(C(=O)CSc2ccc(Br)cc2)c(F)c1F. The van der Waals surface area contributed by atoms with Crippen LogP contribution in [0.2, 0.25) is 0 Å². The van der Waals surface area contributed by atoms with Crippen LogP contribution in [0.25, 0.3) is 0 Å². The number of hydrogen-bond acceptors (Lipinski definition) is 2. The minimum atomic E-state index is -1.06. The smallest absolute Gasteiger partial charge is 0.176 e. The summed E-state index contributed by atoms with van der Waals surface area (Å²) in [6.07, 6.45) is 0. The Balaban J connectivity index is 2.09. The number of halogens is 3. The number of Topliss-reactive ketones (excluding diaryl/α,β-unsaturated/α-hetero) is 1. The van der Waals surface area contributed by atoms with Crippen LogP contribution in [0.1, 0.15) is 15.9 Å². The van der Waals surface area contributed by atoms with Gasteiger partial charge in [0.05, 0.1) is 11.3 Å². The molecule has 0 radical (unpaired) electrons. The molecule has 2 aromatic carbocycles. The van der Waals surface area contributed by atoms with Crippen molar-refractivity contribution in [1.82, 2.24) is 0 Å². The molecule has 0 saturated heterocycles. The minimum absolute atomic E-state index is 0.0705. The summed E-state index contributed by atoms with van der Waals surface area (Å²) >= 11 is 4.61. The second-order valence-electron chi connectivity index (χ2n) is 4.22. The van der Waals surface area contributed by atoms with Gasteiger partial charge in [0.25, 0.3) is 0 Å².